The molecule has 0 heterocycles. The van der Waals surface area contributed by atoms with Gasteiger partial charge in [-0.25, -0.2) is 0 Å². The lowest BCUT2D eigenvalue weighted by Crippen LogP contribution is -2.03. The molecule has 0 saturated heterocycles. The highest BCUT2D eigenvalue weighted by atomic mass is 32.2. The van der Waals surface area contributed by atoms with Crippen LogP contribution < -0.4 is 0 Å². The zero-order chi connectivity index (χ0) is 17.6. The maximum Gasteiger partial charge on any atom is 0.123 e. The first-order valence-electron chi connectivity index (χ1n) is 7.85. The Kier molecular flexibility index (Phi) is 5.43. The number of aromatic hydroxyl groups is 1. The highest BCUT2D eigenvalue weighted by Crippen LogP contribution is 2.33. The van der Waals surface area contributed by atoms with Gasteiger partial charge in [0.15, 0.2) is 0 Å². The molecule has 0 aliphatic heterocycles. The van der Waals surface area contributed by atoms with E-state index in [9.17, 15) is 13.9 Å². The Morgan fingerprint density at radius 3 is 2.16 bits per heavy atom. The summed E-state index contributed by atoms with van der Waals surface area (Å²) in [6, 6.07) is 24.0. The standard InChI is InChI=1S/C21H18O3S/c22-20-15-18(12-13-19(20)17-9-5-2-6-10-17)21(25(23)24)14-11-16-7-3-1-4-8-16/h1-15,21-22H,(H,23,24)/p-1. The van der Waals surface area contributed by atoms with Crippen LogP contribution in [-0.2, 0) is 11.1 Å². The summed E-state index contributed by atoms with van der Waals surface area (Å²) < 4.78 is 23.3. The lowest BCUT2D eigenvalue weighted by Gasteiger charge is -2.18. The van der Waals surface area contributed by atoms with Gasteiger partial charge in [0, 0.05) is 5.56 Å². The minimum atomic E-state index is -2.34. The molecule has 4 heteroatoms. The molecule has 0 spiro atoms. The highest BCUT2D eigenvalue weighted by molar-refractivity contribution is 7.79. The minimum Gasteiger partial charge on any atom is -0.772 e. The Hall–Kier alpha value is -2.69. The summed E-state index contributed by atoms with van der Waals surface area (Å²) in [6.45, 7) is 0. The Labute approximate surface area is 149 Å². The summed E-state index contributed by atoms with van der Waals surface area (Å²) in [4.78, 5) is 0. The molecule has 3 nitrogen and oxygen atoms in total. The third-order valence-corrected chi connectivity index (χ3v) is 4.75. The van der Waals surface area contributed by atoms with E-state index >= 15 is 0 Å². The van der Waals surface area contributed by atoms with Crippen LogP contribution in [0.3, 0.4) is 0 Å². The smallest absolute Gasteiger partial charge is 0.123 e. The minimum absolute atomic E-state index is 0.0623. The van der Waals surface area contributed by atoms with Gasteiger partial charge in [0.1, 0.15) is 5.75 Å². The van der Waals surface area contributed by atoms with Gasteiger partial charge < -0.3 is 9.66 Å². The quantitative estimate of drug-likeness (QED) is 0.680. The number of hydrogen-bond acceptors (Lipinski definition) is 3. The normalized spacial score (nSPS) is 13.6. The van der Waals surface area contributed by atoms with Crippen molar-refractivity contribution >= 4 is 17.2 Å². The molecule has 1 N–H and O–H groups in total. The van der Waals surface area contributed by atoms with Crippen molar-refractivity contribution in [3.8, 4) is 16.9 Å². The second kappa shape index (κ2) is 7.92. The molecular formula is C21H17O3S-. The Bertz CT molecular complexity index is 890. The van der Waals surface area contributed by atoms with Crippen molar-refractivity contribution in [2.75, 3.05) is 0 Å². The van der Waals surface area contributed by atoms with Crippen molar-refractivity contribution in [3.63, 3.8) is 0 Å². The molecule has 0 fully saturated rings. The third-order valence-electron chi connectivity index (χ3n) is 3.91. The topological polar surface area (TPSA) is 60.4 Å². The summed E-state index contributed by atoms with van der Waals surface area (Å²) in [7, 11) is 0. The molecule has 3 aromatic carbocycles. The van der Waals surface area contributed by atoms with Crippen LogP contribution in [-0.4, -0.2) is 13.9 Å². The Morgan fingerprint density at radius 1 is 0.920 bits per heavy atom. The fraction of sp³-hybridized carbons (Fsp3) is 0.0476. The van der Waals surface area contributed by atoms with E-state index in [0.717, 1.165) is 11.1 Å². The van der Waals surface area contributed by atoms with Crippen molar-refractivity contribution in [1.29, 1.82) is 0 Å². The van der Waals surface area contributed by atoms with Crippen LogP contribution in [0.2, 0.25) is 0 Å². The van der Waals surface area contributed by atoms with Crippen LogP contribution in [0.15, 0.2) is 84.9 Å². The fourth-order valence-corrected chi connectivity index (χ4v) is 3.21. The van der Waals surface area contributed by atoms with E-state index in [1.54, 1.807) is 24.3 Å². The molecule has 2 unspecified atom stereocenters. The van der Waals surface area contributed by atoms with E-state index in [4.69, 9.17) is 0 Å². The summed E-state index contributed by atoms with van der Waals surface area (Å²) in [5.74, 6) is 0.0623. The van der Waals surface area contributed by atoms with Crippen LogP contribution in [0.25, 0.3) is 17.2 Å². The molecule has 0 bridgehead atoms. The first-order valence-corrected chi connectivity index (χ1v) is 8.98. The summed E-state index contributed by atoms with van der Waals surface area (Å²) >= 11 is -2.34. The predicted molar refractivity (Wildman–Crippen MR) is 101 cm³/mol. The van der Waals surface area contributed by atoms with E-state index in [1.807, 2.05) is 60.7 Å². The van der Waals surface area contributed by atoms with Crippen LogP contribution in [0.4, 0.5) is 0 Å². The zero-order valence-corrected chi connectivity index (χ0v) is 14.2. The average Bonchev–Trinajstić information content (AvgIpc) is 2.63. The van der Waals surface area contributed by atoms with Crippen molar-refractivity contribution in [3.05, 3.63) is 96.1 Å². The van der Waals surface area contributed by atoms with Gasteiger partial charge in [-0.3, -0.25) is 4.21 Å². The van der Waals surface area contributed by atoms with Gasteiger partial charge >= 0.3 is 0 Å². The number of phenols is 1. The highest BCUT2D eigenvalue weighted by Gasteiger charge is 2.12. The molecule has 0 aromatic heterocycles. The van der Waals surface area contributed by atoms with E-state index in [1.165, 1.54) is 6.07 Å². The number of benzene rings is 3. The van der Waals surface area contributed by atoms with Crippen molar-refractivity contribution in [2.45, 2.75) is 5.25 Å². The SMILES string of the molecule is O=S([O-])C(C=Cc1ccccc1)c1ccc(-c2ccccc2)c(O)c1. The molecule has 0 amide bonds. The fourth-order valence-electron chi connectivity index (χ4n) is 2.64. The largest absolute Gasteiger partial charge is 0.772 e. The number of hydrogen-bond donors (Lipinski definition) is 1. The van der Waals surface area contributed by atoms with Gasteiger partial charge in [-0.15, -0.1) is 0 Å². The van der Waals surface area contributed by atoms with Crippen LogP contribution in [0.5, 0.6) is 5.75 Å². The molecule has 126 valence electrons. The second-order valence-corrected chi connectivity index (χ2v) is 6.62. The Balaban J connectivity index is 1.91. The van der Waals surface area contributed by atoms with Gasteiger partial charge in [0.25, 0.3) is 0 Å². The molecule has 0 radical (unpaired) electrons. The summed E-state index contributed by atoms with van der Waals surface area (Å²) in [5.41, 5.74) is 3.00. The van der Waals surface area contributed by atoms with Gasteiger partial charge in [0.2, 0.25) is 0 Å². The van der Waals surface area contributed by atoms with E-state index in [2.05, 4.69) is 0 Å². The molecule has 2 atom stereocenters. The number of phenolic OH excluding ortho intramolecular Hbond substituents is 1. The lowest BCUT2D eigenvalue weighted by molar-refractivity contribution is 0.476. The summed E-state index contributed by atoms with van der Waals surface area (Å²) in [6.07, 6.45) is 3.39. The van der Waals surface area contributed by atoms with E-state index < -0.39 is 16.3 Å². The zero-order valence-electron chi connectivity index (χ0n) is 13.4. The second-order valence-electron chi connectivity index (χ2n) is 5.59. The van der Waals surface area contributed by atoms with Gasteiger partial charge in [0.05, 0.1) is 5.25 Å². The van der Waals surface area contributed by atoms with Gasteiger partial charge in [-0.1, -0.05) is 84.9 Å². The molecule has 3 aromatic rings. The van der Waals surface area contributed by atoms with Crippen LogP contribution in [0, 0.1) is 0 Å². The van der Waals surface area contributed by atoms with Crippen LogP contribution >= 0.6 is 0 Å². The van der Waals surface area contributed by atoms with E-state index in [-0.39, 0.29) is 5.75 Å². The van der Waals surface area contributed by atoms with Gasteiger partial charge in [-0.05, 0) is 33.8 Å². The maximum absolute atomic E-state index is 11.7. The monoisotopic (exact) mass is 349 g/mol. The van der Waals surface area contributed by atoms with Crippen molar-refractivity contribution in [1.82, 2.24) is 0 Å². The lowest BCUT2D eigenvalue weighted by atomic mass is 10.0. The molecule has 0 saturated carbocycles. The molecule has 25 heavy (non-hydrogen) atoms. The van der Waals surface area contributed by atoms with E-state index in [0.29, 0.717) is 11.1 Å². The molecule has 0 aliphatic carbocycles. The third kappa shape index (κ3) is 4.24. The maximum atomic E-state index is 11.7. The van der Waals surface area contributed by atoms with Crippen molar-refractivity contribution < 1.29 is 13.9 Å². The molecule has 0 aliphatic rings. The molecular weight excluding hydrogens is 332 g/mol. The first kappa shape index (κ1) is 17.1. The first-order chi connectivity index (χ1) is 12.1. The summed E-state index contributed by atoms with van der Waals surface area (Å²) in [5, 5.41) is 9.51. The Morgan fingerprint density at radius 2 is 1.56 bits per heavy atom. The van der Waals surface area contributed by atoms with Crippen molar-refractivity contribution in [2.24, 2.45) is 0 Å². The average molecular weight is 349 g/mol. The molecule has 3 rings (SSSR count). The predicted octanol–water partition coefficient (Wildman–Crippen LogP) is 4.69. The number of rotatable bonds is 5. The van der Waals surface area contributed by atoms with Crippen LogP contribution in [0.1, 0.15) is 16.4 Å². The van der Waals surface area contributed by atoms with Gasteiger partial charge in [-0.2, -0.15) is 0 Å².